The number of hydrogen-bond donors (Lipinski definition) is 0. The Morgan fingerprint density at radius 1 is 1.08 bits per heavy atom. The molecule has 0 unspecified atom stereocenters. The number of thioether (sulfide) groups is 1. The maximum Gasteiger partial charge on any atom is 0.214 e. The first kappa shape index (κ1) is 16.3. The van der Waals surface area contributed by atoms with E-state index in [0.717, 1.165) is 22.0 Å². The molecule has 0 aliphatic carbocycles. The second-order valence-corrected chi connectivity index (χ2v) is 7.39. The summed E-state index contributed by atoms with van der Waals surface area (Å²) in [6, 6.07) is 17.6. The Labute approximate surface area is 157 Å². The fourth-order valence-electron chi connectivity index (χ4n) is 2.26. The number of rotatable bonds is 5. The molecule has 0 saturated heterocycles. The van der Waals surface area contributed by atoms with Crippen molar-refractivity contribution in [2.24, 2.45) is 0 Å². The summed E-state index contributed by atoms with van der Waals surface area (Å²) in [5, 5.41) is 16.4. The van der Waals surface area contributed by atoms with Gasteiger partial charge in [-0.3, -0.25) is 0 Å². The molecule has 0 amide bonds. The lowest BCUT2D eigenvalue weighted by Crippen LogP contribution is -1.99. The molecule has 5 nitrogen and oxygen atoms in total. The van der Waals surface area contributed by atoms with Gasteiger partial charge in [-0.25, -0.2) is 4.98 Å². The third-order valence-electron chi connectivity index (χ3n) is 3.42. The molecule has 4 aromatic rings. The number of hydrogen-bond acceptors (Lipinski definition) is 6. The van der Waals surface area contributed by atoms with E-state index in [9.17, 15) is 0 Å². The zero-order valence-electron chi connectivity index (χ0n) is 12.9. The summed E-state index contributed by atoms with van der Waals surface area (Å²) in [7, 11) is 0. The molecular formula is C17H12ClN5S2. The molecule has 0 fully saturated rings. The van der Waals surface area contributed by atoms with Crippen LogP contribution in [0.25, 0.3) is 16.3 Å². The predicted octanol–water partition coefficient (Wildman–Crippen LogP) is 4.73. The van der Waals surface area contributed by atoms with Gasteiger partial charge in [-0.05, 0) is 28.6 Å². The lowest BCUT2D eigenvalue weighted by Gasteiger charge is -2.03. The molecule has 2 aromatic carbocycles. The zero-order chi connectivity index (χ0) is 17.1. The average molecular weight is 386 g/mol. The van der Waals surface area contributed by atoms with E-state index < -0.39 is 0 Å². The van der Waals surface area contributed by atoms with Crippen molar-refractivity contribution in [2.75, 3.05) is 0 Å². The zero-order valence-corrected chi connectivity index (χ0v) is 15.3. The van der Waals surface area contributed by atoms with Crippen molar-refractivity contribution < 1.29 is 0 Å². The van der Waals surface area contributed by atoms with E-state index in [1.807, 2.05) is 42.5 Å². The molecule has 0 bridgehead atoms. The number of halogens is 1. The van der Waals surface area contributed by atoms with E-state index in [4.69, 9.17) is 16.6 Å². The van der Waals surface area contributed by atoms with Crippen LogP contribution in [0.15, 0.2) is 65.1 Å². The first-order valence-electron chi connectivity index (χ1n) is 7.46. The summed E-state index contributed by atoms with van der Waals surface area (Å²) < 4.78 is 1.68. The number of thiazole rings is 1. The van der Waals surface area contributed by atoms with E-state index in [-0.39, 0.29) is 0 Å². The van der Waals surface area contributed by atoms with Gasteiger partial charge in [-0.15, -0.1) is 16.4 Å². The van der Waals surface area contributed by atoms with Crippen LogP contribution in [-0.2, 0) is 5.75 Å². The van der Waals surface area contributed by atoms with Gasteiger partial charge in [0, 0.05) is 21.7 Å². The lowest BCUT2D eigenvalue weighted by molar-refractivity contribution is 0.756. The molecule has 0 atom stereocenters. The van der Waals surface area contributed by atoms with Gasteiger partial charge in [-0.1, -0.05) is 59.8 Å². The van der Waals surface area contributed by atoms with E-state index in [1.165, 1.54) is 0 Å². The monoisotopic (exact) mass is 385 g/mol. The van der Waals surface area contributed by atoms with Gasteiger partial charge in [0.1, 0.15) is 5.01 Å². The molecule has 8 heteroatoms. The van der Waals surface area contributed by atoms with Crippen molar-refractivity contribution in [3.8, 4) is 16.3 Å². The first-order valence-corrected chi connectivity index (χ1v) is 9.71. The maximum atomic E-state index is 6.05. The molecule has 0 aliphatic rings. The third-order valence-corrected chi connectivity index (χ3v) is 5.54. The average Bonchev–Trinajstić information content (AvgIpc) is 3.30. The van der Waals surface area contributed by atoms with Gasteiger partial charge in [0.15, 0.2) is 0 Å². The minimum atomic E-state index is 0.649. The van der Waals surface area contributed by atoms with E-state index in [0.29, 0.717) is 15.9 Å². The molecule has 2 aromatic heterocycles. The Morgan fingerprint density at radius 3 is 2.80 bits per heavy atom. The number of nitrogens with zero attached hydrogens (tertiary/aromatic N) is 5. The molecule has 2 heterocycles. The summed E-state index contributed by atoms with van der Waals surface area (Å²) in [5.41, 5.74) is 2.98. The Kier molecular flexibility index (Phi) is 4.78. The molecule has 0 aliphatic heterocycles. The van der Waals surface area contributed by atoms with Gasteiger partial charge >= 0.3 is 0 Å². The number of aromatic nitrogens is 5. The van der Waals surface area contributed by atoms with Gasteiger partial charge in [0.05, 0.1) is 11.4 Å². The first-order chi connectivity index (χ1) is 12.3. The normalized spacial score (nSPS) is 10.9. The van der Waals surface area contributed by atoms with E-state index >= 15 is 0 Å². The summed E-state index contributed by atoms with van der Waals surface area (Å²) >= 11 is 9.24. The van der Waals surface area contributed by atoms with Crippen LogP contribution >= 0.6 is 34.7 Å². The van der Waals surface area contributed by atoms with Crippen LogP contribution < -0.4 is 0 Å². The molecule has 0 radical (unpaired) electrons. The Bertz CT molecular complexity index is 983. The predicted molar refractivity (Wildman–Crippen MR) is 101 cm³/mol. The van der Waals surface area contributed by atoms with Crippen molar-refractivity contribution in [3.63, 3.8) is 0 Å². The second kappa shape index (κ2) is 7.35. The molecule has 4 rings (SSSR count). The Morgan fingerprint density at radius 2 is 1.96 bits per heavy atom. The highest BCUT2D eigenvalue weighted by atomic mass is 35.5. The van der Waals surface area contributed by atoms with Crippen LogP contribution in [0.4, 0.5) is 0 Å². The highest BCUT2D eigenvalue weighted by molar-refractivity contribution is 7.98. The summed E-state index contributed by atoms with van der Waals surface area (Å²) in [6.07, 6.45) is 0. The summed E-state index contributed by atoms with van der Waals surface area (Å²) in [6.45, 7) is 0. The van der Waals surface area contributed by atoms with Crippen LogP contribution in [0.1, 0.15) is 5.69 Å². The molecule has 25 heavy (non-hydrogen) atoms. The van der Waals surface area contributed by atoms with Gasteiger partial charge in [-0.2, -0.15) is 4.68 Å². The molecule has 0 saturated carbocycles. The van der Waals surface area contributed by atoms with Crippen molar-refractivity contribution in [1.82, 2.24) is 25.2 Å². The Hall–Kier alpha value is -2.22. The number of benzene rings is 2. The van der Waals surface area contributed by atoms with Crippen LogP contribution in [0.3, 0.4) is 0 Å². The van der Waals surface area contributed by atoms with E-state index in [2.05, 4.69) is 33.0 Å². The fourth-order valence-corrected chi connectivity index (χ4v) is 4.16. The molecule has 0 N–H and O–H groups in total. The van der Waals surface area contributed by atoms with E-state index in [1.54, 1.807) is 27.8 Å². The van der Waals surface area contributed by atoms with Crippen molar-refractivity contribution >= 4 is 34.7 Å². The minimum Gasteiger partial charge on any atom is -0.240 e. The van der Waals surface area contributed by atoms with Gasteiger partial charge in [0.25, 0.3) is 0 Å². The maximum absolute atomic E-state index is 6.05. The Balaban J connectivity index is 1.50. The fraction of sp³-hybridized carbons (Fsp3) is 0.0588. The highest BCUT2D eigenvalue weighted by Crippen LogP contribution is 2.28. The van der Waals surface area contributed by atoms with Gasteiger partial charge < -0.3 is 0 Å². The SMILES string of the molecule is Clc1cccc(-n2nnnc2SCc2csc(-c3ccccc3)n2)c1. The highest BCUT2D eigenvalue weighted by Gasteiger charge is 2.11. The second-order valence-electron chi connectivity index (χ2n) is 5.15. The summed E-state index contributed by atoms with van der Waals surface area (Å²) in [5.74, 6) is 0.699. The standard InChI is InChI=1S/C17H12ClN5S2/c18-13-7-4-8-15(9-13)23-17(20-21-22-23)25-11-14-10-24-16(19-14)12-5-2-1-3-6-12/h1-10H,11H2. The quantitative estimate of drug-likeness (QED) is 0.465. The lowest BCUT2D eigenvalue weighted by atomic mass is 10.2. The smallest absolute Gasteiger partial charge is 0.214 e. The number of tetrazole rings is 1. The molecule has 124 valence electrons. The van der Waals surface area contributed by atoms with Crippen LogP contribution in [0.5, 0.6) is 0 Å². The van der Waals surface area contributed by atoms with Crippen LogP contribution in [-0.4, -0.2) is 25.2 Å². The van der Waals surface area contributed by atoms with Crippen LogP contribution in [0.2, 0.25) is 5.02 Å². The molecule has 0 spiro atoms. The van der Waals surface area contributed by atoms with Crippen molar-refractivity contribution in [2.45, 2.75) is 10.9 Å². The topological polar surface area (TPSA) is 56.5 Å². The summed E-state index contributed by atoms with van der Waals surface area (Å²) in [4.78, 5) is 4.70. The largest absolute Gasteiger partial charge is 0.240 e. The molecular weight excluding hydrogens is 374 g/mol. The van der Waals surface area contributed by atoms with Crippen LogP contribution in [0, 0.1) is 0 Å². The third kappa shape index (κ3) is 3.73. The minimum absolute atomic E-state index is 0.649. The van der Waals surface area contributed by atoms with Crippen molar-refractivity contribution in [1.29, 1.82) is 0 Å². The van der Waals surface area contributed by atoms with Gasteiger partial charge in [0.2, 0.25) is 5.16 Å². The van der Waals surface area contributed by atoms with Crippen molar-refractivity contribution in [3.05, 3.63) is 70.7 Å².